The van der Waals surface area contributed by atoms with Crippen molar-refractivity contribution in [1.82, 2.24) is 20.2 Å². The van der Waals surface area contributed by atoms with Gasteiger partial charge in [-0.05, 0) is 17.5 Å². The van der Waals surface area contributed by atoms with E-state index in [0.717, 1.165) is 12.0 Å². The molecule has 0 aliphatic carbocycles. The number of fused-ring (bicyclic) bond motifs is 1. The second-order valence-electron chi connectivity index (χ2n) is 5.84. The summed E-state index contributed by atoms with van der Waals surface area (Å²) in [5, 5.41) is 10.4. The van der Waals surface area contributed by atoms with E-state index >= 15 is 0 Å². The summed E-state index contributed by atoms with van der Waals surface area (Å²) in [6.45, 7) is 0. The Morgan fingerprint density at radius 1 is 1.00 bits per heavy atom. The monoisotopic (exact) mass is 331 g/mol. The Balaban J connectivity index is 1.68. The molecule has 3 N–H and O–H groups in total. The number of benzene rings is 2. The van der Waals surface area contributed by atoms with Crippen LogP contribution in [0.5, 0.6) is 0 Å². The van der Waals surface area contributed by atoms with E-state index in [4.69, 9.17) is 0 Å². The number of nitrogens with zero attached hydrogens (tertiary/aromatic N) is 2. The van der Waals surface area contributed by atoms with Gasteiger partial charge in [-0.25, -0.2) is 0 Å². The van der Waals surface area contributed by atoms with Crippen molar-refractivity contribution < 1.29 is 0 Å². The zero-order valence-corrected chi connectivity index (χ0v) is 13.4. The minimum Gasteiger partial charge on any atom is -0.349 e. The van der Waals surface area contributed by atoms with Crippen molar-refractivity contribution in [2.75, 3.05) is 5.32 Å². The van der Waals surface area contributed by atoms with Gasteiger partial charge in [0, 0.05) is 0 Å². The number of anilines is 1. The Hall–Kier alpha value is -3.41. The summed E-state index contributed by atoms with van der Waals surface area (Å²) >= 11 is 0. The van der Waals surface area contributed by atoms with Gasteiger partial charge in [0.1, 0.15) is 5.39 Å². The summed E-state index contributed by atoms with van der Waals surface area (Å²) < 4.78 is 0. The Morgan fingerprint density at radius 3 is 2.48 bits per heavy atom. The Kier molecular flexibility index (Phi) is 4.00. The average molecular weight is 331 g/mol. The molecule has 2 aromatic carbocycles. The molecule has 0 amide bonds. The van der Waals surface area contributed by atoms with Gasteiger partial charge in [-0.3, -0.25) is 14.9 Å². The fourth-order valence-corrected chi connectivity index (χ4v) is 2.87. The molecule has 2 heterocycles. The van der Waals surface area contributed by atoms with Crippen LogP contribution in [-0.2, 0) is 6.42 Å². The van der Waals surface area contributed by atoms with Crippen LogP contribution in [0.2, 0.25) is 0 Å². The first-order chi connectivity index (χ1) is 12.3. The van der Waals surface area contributed by atoms with Crippen LogP contribution in [0.4, 0.5) is 5.95 Å². The number of H-pyrrole nitrogens is 2. The third-order valence-corrected chi connectivity index (χ3v) is 4.11. The molecule has 1 atom stereocenters. The molecule has 0 radical (unpaired) electrons. The topological polar surface area (TPSA) is 86.5 Å². The number of aromatic nitrogens is 4. The molecule has 124 valence electrons. The van der Waals surface area contributed by atoms with Gasteiger partial charge in [-0.2, -0.15) is 10.1 Å². The normalized spacial score (nSPS) is 12.2. The van der Waals surface area contributed by atoms with Crippen molar-refractivity contribution in [3.63, 3.8) is 0 Å². The first-order valence-electron chi connectivity index (χ1n) is 8.08. The van der Waals surface area contributed by atoms with E-state index < -0.39 is 0 Å². The van der Waals surface area contributed by atoms with Gasteiger partial charge in [-0.1, -0.05) is 60.7 Å². The van der Waals surface area contributed by atoms with Gasteiger partial charge in [0.15, 0.2) is 5.65 Å². The van der Waals surface area contributed by atoms with E-state index in [2.05, 4.69) is 49.7 Å². The molecule has 6 nitrogen and oxygen atoms in total. The van der Waals surface area contributed by atoms with Crippen LogP contribution in [0.25, 0.3) is 11.0 Å². The van der Waals surface area contributed by atoms with Gasteiger partial charge in [0.05, 0.1) is 12.2 Å². The predicted octanol–water partition coefficient (Wildman–Crippen LogP) is 3.04. The van der Waals surface area contributed by atoms with Crippen LogP contribution in [0.3, 0.4) is 0 Å². The highest BCUT2D eigenvalue weighted by molar-refractivity contribution is 5.73. The van der Waals surface area contributed by atoms with Gasteiger partial charge < -0.3 is 5.32 Å². The maximum Gasteiger partial charge on any atom is 0.263 e. The Labute approximate surface area is 144 Å². The molecule has 4 rings (SSSR count). The van der Waals surface area contributed by atoms with Crippen molar-refractivity contribution in [2.45, 2.75) is 12.5 Å². The fraction of sp³-hybridized carbons (Fsp3) is 0.105. The molecule has 1 unspecified atom stereocenters. The van der Waals surface area contributed by atoms with E-state index in [1.807, 2.05) is 36.4 Å². The maximum atomic E-state index is 12.1. The highest BCUT2D eigenvalue weighted by Crippen LogP contribution is 2.22. The number of hydrogen-bond acceptors (Lipinski definition) is 4. The van der Waals surface area contributed by atoms with Crippen molar-refractivity contribution >= 4 is 17.0 Å². The van der Waals surface area contributed by atoms with Crippen LogP contribution in [0.15, 0.2) is 71.7 Å². The van der Waals surface area contributed by atoms with Crippen LogP contribution in [-0.4, -0.2) is 20.2 Å². The number of aromatic amines is 2. The zero-order valence-electron chi connectivity index (χ0n) is 13.4. The van der Waals surface area contributed by atoms with Crippen LogP contribution >= 0.6 is 0 Å². The number of rotatable bonds is 5. The van der Waals surface area contributed by atoms with E-state index in [1.165, 1.54) is 11.8 Å². The molecule has 6 heteroatoms. The van der Waals surface area contributed by atoms with Gasteiger partial charge in [0.2, 0.25) is 5.95 Å². The minimum atomic E-state index is -0.215. The SMILES string of the molecule is O=c1[nH]c(NC(Cc2ccccc2)c2ccccc2)nc2[nH]ncc12. The summed E-state index contributed by atoms with van der Waals surface area (Å²) in [5.41, 5.74) is 2.58. The van der Waals surface area contributed by atoms with E-state index in [0.29, 0.717) is 17.0 Å². The molecular weight excluding hydrogens is 314 g/mol. The highest BCUT2D eigenvalue weighted by Gasteiger charge is 2.14. The quantitative estimate of drug-likeness (QED) is 0.524. The molecule has 2 aromatic heterocycles. The molecule has 0 fully saturated rings. The summed E-state index contributed by atoms with van der Waals surface area (Å²) in [5.74, 6) is 0.423. The second-order valence-corrected chi connectivity index (χ2v) is 5.84. The van der Waals surface area contributed by atoms with Crippen molar-refractivity contribution in [3.8, 4) is 0 Å². The van der Waals surface area contributed by atoms with E-state index in [9.17, 15) is 4.79 Å². The third kappa shape index (κ3) is 3.28. The van der Waals surface area contributed by atoms with Crippen LogP contribution in [0, 0.1) is 0 Å². The summed E-state index contributed by atoms with van der Waals surface area (Å²) in [4.78, 5) is 19.3. The van der Waals surface area contributed by atoms with Crippen molar-refractivity contribution in [1.29, 1.82) is 0 Å². The number of hydrogen-bond donors (Lipinski definition) is 3. The summed E-state index contributed by atoms with van der Waals surface area (Å²) in [7, 11) is 0. The predicted molar refractivity (Wildman–Crippen MR) is 97.5 cm³/mol. The minimum absolute atomic E-state index is 0.0212. The second kappa shape index (κ2) is 6.60. The zero-order chi connectivity index (χ0) is 17.1. The first kappa shape index (κ1) is 15.1. The standard InChI is InChI=1S/C19H17N5O/c25-18-15-12-20-24-17(15)22-19(23-18)21-16(14-9-5-2-6-10-14)11-13-7-3-1-4-8-13/h1-10,12,16H,11H2,(H3,20,21,22,23,24,25). The molecular formula is C19H17N5O. The lowest BCUT2D eigenvalue weighted by molar-refractivity contribution is 0.763. The molecule has 0 aliphatic heterocycles. The van der Waals surface area contributed by atoms with E-state index in [1.54, 1.807) is 0 Å². The smallest absolute Gasteiger partial charge is 0.263 e. The lowest BCUT2D eigenvalue weighted by Gasteiger charge is -2.19. The molecule has 0 aliphatic rings. The average Bonchev–Trinajstić information content (AvgIpc) is 3.12. The van der Waals surface area contributed by atoms with Gasteiger partial charge in [-0.15, -0.1) is 0 Å². The van der Waals surface area contributed by atoms with Crippen LogP contribution < -0.4 is 10.9 Å². The van der Waals surface area contributed by atoms with Crippen molar-refractivity contribution in [3.05, 3.63) is 88.3 Å². The largest absolute Gasteiger partial charge is 0.349 e. The molecule has 4 aromatic rings. The van der Waals surface area contributed by atoms with Crippen molar-refractivity contribution in [2.24, 2.45) is 0 Å². The molecule has 25 heavy (non-hydrogen) atoms. The molecule has 0 saturated heterocycles. The number of nitrogens with one attached hydrogen (secondary N) is 3. The summed E-state index contributed by atoms with van der Waals surface area (Å²) in [6, 6.07) is 20.3. The lowest BCUT2D eigenvalue weighted by Crippen LogP contribution is -2.18. The maximum absolute atomic E-state index is 12.1. The van der Waals surface area contributed by atoms with Gasteiger partial charge in [0.25, 0.3) is 5.56 Å². The Bertz CT molecular complexity index is 1020. The lowest BCUT2D eigenvalue weighted by atomic mass is 9.99. The highest BCUT2D eigenvalue weighted by atomic mass is 16.1. The third-order valence-electron chi connectivity index (χ3n) is 4.11. The van der Waals surface area contributed by atoms with E-state index in [-0.39, 0.29) is 11.6 Å². The first-order valence-corrected chi connectivity index (χ1v) is 8.08. The summed E-state index contributed by atoms with van der Waals surface area (Å²) in [6.07, 6.45) is 2.25. The van der Waals surface area contributed by atoms with Gasteiger partial charge >= 0.3 is 0 Å². The van der Waals surface area contributed by atoms with Crippen LogP contribution in [0.1, 0.15) is 17.2 Å². The fourth-order valence-electron chi connectivity index (χ4n) is 2.87. The molecule has 0 bridgehead atoms. The Morgan fingerprint density at radius 2 is 1.72 bits per heavy atom. The molecule has 0 saturated carbocycles. The molecule has 0 spiro atoms.